The molecule has 9 nitrogen and oxygen atoms in total. The standard InChI is InChI=1S/C20H23N3O6S/c1-29-19-10-7-16(13-18(19)23(25)26)20(24)21-14-15-5-8-17(9-6-15)30(27,28)22-11-3-2-4-12-22/h5-10,13H,2-4,11-12,14H2,1H3,(H,21,24). The van der Waals surface area contributed by atoms with Crippen LogP contribution in [0.3, 0.4) is 0 Å². The van der Waals surface area contributed by atoms with Crippen LogP contribution in [0, 0.1) is 10.1 Å². The molecule has 0 bridgehead atoms. The molecule has 0 unspecified atom stereocenters. The molecule has 1 aliphatic heterocycles. The summed E-state index contributed by atoms with van der Waals surface area (Å²) < 4.78 is 31.8. The van der Waals surface area contributed by atoms with Crippen molar-refractivity contribution < 1.29 is 22.9 Å². The Balaban J connectivity index is 1.66. The molecule has 1 amide bonds. The molecule has 0 aliphatic carbocycles. The Morgan fingerprint density at radius 1 is 1.13 bits per heavy atom. The van der Waals surface area contributed by atoms with Crippen LogP contribution >= 0.6 is 0 Å². The monoisotopic (exact) mass is 433 g/mol. The number of piperidine rings is 1. The third-order valence-electron chi connectivity index (χ3n) is 4.97. The summed E-state index contributed by atoms with van der Waals surface area (Å²) in [6.07, 6.45) is 2.78. The molecule has 0 radical (unpaired) electrons. The van der Waals surface area contributed by atoms with Crippen LogP contribution < -0.4 is 10.1 Å². The van der Waals surface area contributed by atoms with Crippen LogP contribution in [0.25, 0.3) is 0 Å². The highest BCUT2D eigenvalue weighted by molar-refractivity contribution is 7.89. The van der Waals surface area contributed by atoms with Crippen molar-refractivity contribution in [1.29, 1.82) is 0 Å². The molecule has 1 saturated heterocycles. The second-order valence-electron chi connectivity index (χ2n) is 6.94. The van der Waals surface area contributed by atoms with Gasteiger partial charge in [-0.05, 0) is 42.7 Å². The number of methoxy groups -OCH3 is 1. The van der Waals surface area contributed by atoms with E-state index in [0.717, 1.165) is 25.3 Å². The maximum absolute atomic E-state index is 12.7. The topological polar surface area (TPSA) is 119 Å². The third kappa shape index (κ3) is 4.77. The van der Waals surface area contributed by atoms with E-state index in [-0.39, 0.29) is 28.4 Å². The van der Waals surface area contributed by atoms with Gasteiger partial charge in [-0.3, -0.25) is 14.9 Å². The number of carbonyl (C=O) groups is 1. The molecule has 0 aromatic heterocycles. The third-order valence-corrected chi connectivity index (χ3v) is 6.88. The van der Waals surface area contributed by atoms with Gasteiger partial charge in [-0.1, -0.05) is 18.6 Å². The highest BCUT2D eigenvalue weighted by atomic mass is 32.2. The fourth-order valence-electron chi connectivity index (χ4n) is 3.29. The number of nitro benzene ring substituents is 1. The van der Waals surface area contributed by atoms with Gasteiger partial charge in [0.2, 0.25) is 10.0 Å². The Morgan fingerprint density at radius 2 is 1.80 bits per heavy atom. The molecule has 2 aromatic carbocycles. The molecule has 160 valence electrons. The lowest BCUT2D eigenvalue weighted by atomic mass is 10.1. The Morgan fingerprint density at radius 3 is 2.40 bits per heavy atom. The quantitative estimate of drug-likeness (QED) is 0.530. The number of nitrogens with zero attached hydrogens (tertiary/aromatic N) is 2. The number of nitro groups is 1. The van der Waals surface area contributed by atoms with E-state index in [0.29, 0.717) is 18.7 Å². The Bertz CT molecular complexity index is 1030. The number of benzene rings is 2. The smallest absolute Gasteiger partial charge is 0.311 e. The lowest BCUT2D eigenvalue weighted by Crippen LogP contribution is -2.35. The van der Waals surface area contributed by atoms with E-state index in [2.05, 4.69) is 5.32 Å². The average molecular weight is 433 g/mol. The van der Waals surface area contributed by atoms with Crippen molar-refractivity contribution in [2.75, 3.05) is 20.2 Å². The highest BCUT2D eigenvalue weighted by Gasteiger charge is 2.25. The minimum absolute atomic E-state index is 0.0713. The molecule has 0 saturated carbocycles. The van der Waals surface area contributed by atoms with Gasteiger partial charge in [0.05, 0.1) is 16.9 Å². The molecular formula is C20H23N3O6S. The number of hydrogen-bond donors (Lipinski definition) is 1. The average Bonchev–Trinajstić information content (AvgIpc) is 2.77. The zero-order valence-electron chi connectivity index (χ0n) is 16.5. The van der Waals surface area contributed by atoms with Crippen molar-refractivity contribution in [2.45, 2.75) is 30.7 Å². The first kappa shape index (κ1) is 21.7. The van der Waals surface area contributed by atoms with Gasteiger partial charge in [-0.15, -0.1) is 0 Å². The summed E-state index contributed by atoms with van der Waals surface area (Å²) in [5.41, 5.74) is 0.549. The normalized spacial score (nSPS) is 14.8. The van der Waals surface area contributed by atoms with Gasteiger partial charge in [-0.25, -0.2) is 8.42 Å². The largest absolute Gasteiger partial charge is 0.490 e. The molecule has 1 heterocycles. The second kappa shape index (κ2) is 9.23. The molecule has 30 heavy (non-hydrogen) atoms. The van der Waals surface area contributed by atoms with E-state index >= 15 is 0 Å². The maximum atomic E-state index is 12.7. The fraction of sp³-hybridized carbons (Fsp3) is 0.350. The lowest BCUT2D eigenvalue weighted by molar-refractivity contribution is -0.385. The van der Waals surface area contributed by atoms with Crippen LogP contribution in [0.5, 0.6) is 5.75 Å². The number of carbonyl (C=O) groups excluding carboxylic acids is 1. The number of sulfonamides is 1. The first-order valence-corrected chi connectivity index (χ1v) is 11.0. The van der Waals surface area contributed by atoms with Gasteiger partial charge in [0.25, 0.3) is 5.91 Å². The molecule has 1 fully saturated rings. The molecular weight excluding hydrogens is 410 g/mol. The van der Waals surface area contributed by atoms with Crippen molar-refractivity contribution in [1.82, 2.24) is 9.62 Å². The van der Waals surface area contributed by atoms with E-state index in [9.17, 15) is 23.3 Å². The first-order chi connectivity index (χ1) is 14.3. The van der Waals surface area contributed by atoms with Crippen LogP contribution in [0.2, 0.25) is 0 Å². The van der Waals surface area contributed by atoms with Crippen LogP contribution in [0.1, 0.15) is 35.2 Å². The minimum atomic E-state index is -3.50. The van der Waals surface area contributed by atoms with Gasteiger partial charge >= 0.3 is 5.69 Å². The van der Waals surface area contributed by atoms with E-state index in [1.54, 1.807) is 12.1 Å². The van der Waals surface area contributed by atoms with Crippen LogP contribution in [-0.4, -0.2) is 43.8 Å². The zero-order valence-corrected chi connectivity index (χ0v) is 17.4. The van der Waals surface area contributed by atoms with Crippen LogP contribution in [-0.2, 0) is 16.6 Å². The molecule has 0 spiro atoms. The van der Waals surface area contributed by atoms with Crippen molar-refractivity contribution in [3.8, 4) is 5.75 Å². The van der Waals surface area contributed by atoms with Gasteiger partial charge in [0.1, 0.15) is 0 Å². The lowest BCUT2D eigenvalue weighted by Gasteiger charge is -2.25. The van der Waals surface area contributed by atoms with Crippen molar-refractivity contribution in [3.05, 3.63) is 63.7 Å². The zero-order chi connectivity index (χ0) is 21.7. The number of amides is 1. The summed E-state index contributed by atoms with van der Waals surface area (Å²) in [6.45, 7) is 1.23. The second-order valence-corrected chi connectivity index (χ2v) is 8.87. The summed E-state index contributed by atoms with van der Waals surface area (Å²) in [4.78, 5) is 23.1. The Kier molecular flexibility index (Phi) is 6.68. The predicted molar refractivity (Wildman–Crippen MR) is 110 cm³/mol. The summed E-state index contributed by atoms with van der Waals surface area (Å²) in [5, 5.41) is 13.8. The molecule has 10 heteroatoms. The molecule has 3 rings (SSSR count). The first-order valence-electron chi connectivity index (χ1n) is 9.52. The highest BCUT2D eigenvalue weighted by Crippen LogP contribution is 2.27. The fourth-order valence-corrected chi connectivity index (χ4v) is 4.81. The molecule has 2 aromatic rings. The Hall–Kier alpha value is -2.98. The molecule has 0 atom stereocenters. The van der Waals surface area contributed by atoms with Crippen molar-refractivity contribution >= 4 is 21.6 Å². The molecule has 1 aliphatic rings. The van der Waals surface area contributed by atoms with Gasteiger partial charge in [-0.2, -0.15) is 4.31 Å². The van der Waals surface area contributed by atoms with Gasteiger partial charge < -0.3 is 10.1 Å². The summed E-state index contributed by atoms with van der Waals surface area (Å²) in [6, 6.07) is 10.3. The van der Waals surface area contributed by atoms with Crippen molar-refractivity contribution in [2.24, 2.45) is 0 Å². The molecule has 1 N–H and O–H groups in total. The summed E-state index contributed by atoms with van der Waals surface area (Å²) in [7, 11) is -2.19. The van der Waals surface area contributed by atoms with Crippen molar-refractivity contribution in [3.63, 3.8) is 0 Å². The maximum Gasteiger partial charge on any atom is 0.311 e. The number of ether oxygens (including phenoxy) is 1. The number of nitrogens with one attached hydrogen (secondary N) is 1. The van der Waals surface area contributed by atoms with Gasteiger partial charge in [0.15, 0.2) is 5.75 Å². The van der Waals surface area contributed by atoms with E-state index < -0.39 is 20.9 Å². The SMILES string of the molecule is COc1ccc(C(=O)NCc2ccc(S(=O)(=O)N3CCCCC3)cc2)cc1[N+](=O)[O-]. The summed E-state index contributed by atoms with van der Waals surface area (Å²) in [5.74, 6) is -0.409. The summed E-state index contributed by atoms with van der Waals surface area (Å²) >= 11 is 0. The van der Waals surface area contributed by atoms with E-state index in [1.165, 1.54) is 35.7 Å². The number of hydrogen-bond acceptors (Lipinski definition) is 6. The van der Waals surface area contributed by atoms with E-state index in [4.69, 9.17) is 4.74 Å². The minimum Gasteiger partial charge on any atom is -0.490 e. The van der Waals surface area contributed by atoms with E-state index in [1.807, 2.05) is 0 Å². The van der Waals surface area contributed by atoms with Gasteiger partial charge in [0, 0.05) is 31.3 Å². The van der Waals surface area contributed by atoms with Crippen LogP contribution in [0.4, 0.5) is 5.69 Å². The predicted octanol–water partition coefficient (Wildman–Crippen LogP) is 2.71. The Labute approximate surface area is 174 Å². The van der Waals surface area contributed by atoms with Crippen LogP contribution in [0.15, 0.2) is 47.4 Å². The number of rotatable bonds is 7.